The molecule has 3 rings (SSSR count). The number of nitrogens with one attached hydrogen (secondary N) is 1. The highest BCUT2D eigenvalue weighted by atomic mass is 15.3. The summed E-state index contributed by atoms with van der Waals surface area (Å²) in [7, 11) is 0. The highest BCUT2D eigenvalue weighted by molar-refractivity contribution is 5.84. The van der Waals surface area contributed by atoms with E-state index in [1.165, 1.54) is 5.39 Å². The molecule has 17 heavy (non-hydrogen) atoms. The van der Waals surface area contributed by atoms with Crippen LogP contribution in [0.15, 0.2) is 42.7 Å². The van der Waals surface area contributed by atoms with Crippen molar-refractivity contribution in [2.75, 3.05) is 0 Å². The first-order valence-electron chi connectivity index (χ1n) is 5.87. The summed E-state index contributed by atoms with van der Waals surface area (Å²) in [6.45, 7) is 4.26. The molecule has 0 spiro atoms. The van der Waals surface area contributed by atoms with Gasteiger partial charge in [-0.3, -0.25) is 4.68 Å². The third kappa shape index (κ3) is 1.73. The average Bonchev–Trinajstić information content (AvgIpc) is 2.97. The zero-order valence-electron chi connectivity index (χ0n) is 10.0. The molecule has 0 radical (unpaired) electrons. The lowest BCUT2D eigenvalue weighted by Gasteiger charge is -2.03. The number of fused-ring (bicyclic) bond motifs is 1. The van der Waals surface area contributed by atoms with E-state index in [-0.39, 0.29) is 0 Å². The maximum absolute atomic E-state index is 4.57. The summed E-state index contributed by atoms with van der Waals surface area (Å²) in [6, 6.07) is 10.9. The molecule has 0 saturated heterocycles. The third-order valence-electron chi connectivity index (χ3n) is 2.99. The van der Waals surface area contributed by atoms with Gasteiger partial charge in [0, 0.05) is 29.5 Å². The van der Waals surface area contributed by atoms with Crippen molar-refractivity contribution >= 4 is 10.9 Å². The van der Waals surface area contributed by atoms with E-state index in [9.17, 15) is 0 Å². The lowest BCUT2D eigenvalue weighted by atomic mass is 10.1. The van der Waals surface area contributed by atoms with Gasteiger partial charge in [-0.2, -0.15) is 5.10 Å². The maximum atomic E-state index is 4.57. The van der Waals surface area contributed by atoms with Gasteiger partial charge in [-0.15, -0.1) is 0 Å². The van der Waals surface area contributed by atoms with Crippen molar-refractivity contribution in [3.63, 3.8) is 0 Å². The lowest BCUT2D eigenvalue weighted by Crippen LogP contribution is -2.00. The second-order valence-electron chi connectivity index (χ2n) is 4.55. The molecule has 3 nitrogen and oxygen atoms in total. The number of aromatic amines is 1. The summed E-state index contributed by atoms with van der Waals surface area (Å²) in [6.07, 6.45) is 3.99. The van der Waals surface area contributed by atoms with Crippen LogP contribution < -0.4 is 0 Å². The minimum absolute atomic E-state index is 0.401. The van der Waals surface area contributed by atoms with Crippen molar-refractivity contribution in [1.82, 2.24) is 14.8 Å². The molecule has 1 N–H and O–H groups in total. The number of hydrogen-bond donors (Lipinski definition) is 1. The zero-order chi connectivity index (χ0) is 11.8. The Kier molecular flexibility index (Phi) is 2.25. The van der Waals surface area contributed by atoms with Crippen LogP contribution in [-0.2, 0) is 0 Å². The Bertz CT molecular complexity index is 646. The van der Waals surface area contributed by atoms with Gasteiger partial charge >= 0.3 is 0 Å². The van der Waals surface area contributed by atoms with Gasteiger partial charge in [0.05, 0.1) is 5.69 Å². The SMILES string of the molecule is CC(C)n1ccc(-c2ccc3cc[nH]c3c2)n1. The van der Waals surface area contributed by atoms with Gasteiger partial charge < -0.3 is 4.98 Å². The minimum atomic E-state index is 0.401. The molecule has 0 aliphatic rings. The lowest BCUT2D eigenvalue weighted by molar-refractivity contribution is 0.534. The number of hydrogen-bond acceptors (Lipinski definition) is 1. The fourth-order valence-corrected chi connectivity index (χ4v) is 1.99. The Hall–Kier alpha value is -2.03. The number of nitrogens with zero attached hydrogens (tertiary/aromatic N) is 2. The van der Waals surface area contributed by atoms with Crippen molar-refractivity contribution in [2.45, 2.75) is 19.9 Å². The second kappa shape index (κ2) is 3.77. The van der Waals surface area contributed by atoms with Gasteiger partial charge in [0.25, 0.3) is 0 Å². The number of H-pyrrole nitrogens is 1. The van der Waals surface area contributed by atoms with Gasteiger partial charge in [-0.25, -0.2) is 0 Å². The third-order valence-corrected chi connectivity index (χ3v) is 2.99. The highest BCUT2D eigenvalue weighted by Gasteiger charge is 2.05. The Morgan fingerprint density at radius 1 is 1.18 bits per heavy atom. The molecule has 0 bridgehead atoms. The molecule has 0 amide bonds. The zero-order valence-corrected chi connectivity index (χ0v) is 10.0. The molecule has 0 aliphatic heterocycles. The molecule has 2 aromatic heterocycles. The normalized spacial score (nSPS) is 11.5. The van der Waals surface area contributed by atoms with Gasteiger partial charge in [-0.1, -0.05) is 12.1 Å². The van der Waals surface area contributed by atoms with E-state index in [4.69, 9.17) is 0 Å². The van der Waals surface area contributed by atoms with Crippen molar-refractivity contribution < 1.29 is 0 Å². The fourth-order valence-electron chi connectivity index (χ4n) is 1.99. The summed E-state index contributed by atoms with van der Waals surface area (Å²) in [4.78, 5) is 3.22. The van der Waals surface area contributed by atoms with E-state index in [1.54, 1.807) is 0 Å². The monoisotopic (exact) mass is 225 g/mol. The number of benzene rings is 1. The van der Waals surface area contributed by atoms with E-state index in [2.05, 4.69) is 54.3 Å². The molecular formula is C14H15N3. The van der Waals surface area contributed by atoms with E-state index in [1.807, 2.05) is 17.1 Å². The predicted octanol–water partition coefficient (Wildman–Crippen LogP) is 3.61. The molecule has 0 atom stereocenters. The van der Waals surface area contributed by atoms with E-state index < -0.39 is 0 Å². The summed E-state index contributed by atoms with van der Waals surface area (Å²) in [5, 5.41) is 5.81. The van der Waals surface area contributed by atoms with Gasteiger partial charge in [0.15, 0.2) is 0 Å². The van der Waals surface area contributed by atoms with Crippen molar-refractivity contribution in [3.05, 3.63) is 42.7 Å². The van der Waals surface area contributed by atoms with Crippen LogP contribution in [-0.4, -0.2) is 14.8 Å². The maximum Gasteiger partial charge on any atom is 0.0924 e. The Morgan fingerprint density at radius 3 is 2.82 bits per heavy atom. The molecule has 0 aliphatic carbocycles. The average molecular weight is 225 g/mol. The van der Waals surface area contributed by atoms with Gasteiger partial charge in [0.2, 0.25) is 0 Å². The standard InChI is InChI=1S/C14H15N3/c1-10(2)17-8-6-13(16-17)12-4-3-11-5-7-15-14(11)9-12/h3-10,15H,1-2H3. The van der Waals surface area contributed by atoms with E-state index in [0.29, 0.717) is 6.04 Å². The second-order valence-corrected chi connectivity index (χ2v) is 4.55. The molecule has 1 aromatic carbocycles. The van der Waals surface area contributed by atoms with Crippen LogP contribution in [0, 0.1) is 0 Å². The van der Waals surface area contributed by atoms with E-state index in [0.717, 1.165) is 16.8 Å². The van der Waals surface area contributed by atoms with Gasteiger partial charge in [0.1, 0.15) is 0 Å². The highest BCUT2D eigenvalue weighted by Crippen LogP contribution is 2.22. The Morgan fingerprint density at radius 2 is 2.06 bits per heavy atom. The molecule has 3 aromatic rings. The Balaban J connectivity index is 2.06. The van der Waals surface area contributed by atoms with E-state index >= 15 is 0 Å². The largest absolute Gasteiger partial charge is 0.361 e. The molecular weight excluding hydrogens is 210 g/mol. The molecule has 0 unspecified atom stereocenters. The van der Waals surface area contributed by atoms with Crippen LogP contribution in [0.2, 0.25) is 0 Å². The first kappa shape index (κ1) is 10.1. The van der Waals surface area contributed by atoms with Crippen LogP contribution in [0.3, 0.4) is 0 Å². The van der Waals surface area contributed by atoms with Crippen LogP contribution in [0.5, 0.6) is 0 Å². The fraction of sp³-hybridized carbons (Fsp3) is 0.214. The summed E-state index contributed by atoms with van der Waals surface area (Å²) >= 11 is 0. The first-order chi connectivity index (χ1) is 8.24. The number of aromatic nitrogens is 3. The predicted molar refractivity (Wildman–Crippen MR) is 69.9 cm³/mol. The van der Waals surface area contributed by atoms with Gasteiger partial charge in [-0.05, 0) is 37.4 Å². The molecule has 2 heterocycles. The number of rotatable bonds is 2. The quantitative estimate of drug-likeness (QED) is 0.710. The Labute approximate surface area is 100 Å². The molecule has 3 heteroatoms. The topological polar surface area (TPSA) is 33.6 Å². The smallest absolute Gasteiger partial charge is 0.0924 e. The summed E-state index contributed by atoms with van der Waals surface area (Å²) < 4.78 is 1.98. The summed E-state index contributed by atoms with van der Waals surface area (Å²) in [5.41, 5.74) is 3.33. The van der Waals surface area contributed by atoms with Crippen LogP contribution in [0.1, 0.15) is 19.9 Å². The van der Waals surface area contributed by atoms with Crippen LogP contribution in [0.4, 0.5) is 0 Å². The van der Waals surface area contributed by atoms with Crippen molar-refractivity contribution in [2.24, 2.45) is 0 Å². The van der Waals surface area contributed by atoms with Crippen molar-refractivity contribution in [1.29, 1.82) is 0 Å². The first-order valence-corrected chi connectivity index (χ1v) is 5.87. The molecule has 0 fully saturated rings. The van der Waals surface area contributed by atoms with Crippen LogP contribution >= 0.6 is 0 Å². The minimum Gasteiger partial charge on any atom is -0.361 e. The summed E-state index contributed by atoms with van der Waals surface area (Å²) in [5.74, 6) is 0. The van der Waals surface area contributed by atoms with Crippen LogP contribution in [0.25, 0.3) is 22.2 Å². The molecule has 0 saturated carbocycles. The van der Waals surface area contributed by atoms with Crippen molar-refractivity contribution in [3.8, 4) is 11.3 Å². The molecule has 86 valence electrons.